The van der Waals surface area contributed by atoms with Gasteiger partial charge in [-0.25, -0.2) is 4.98 Å². The van der Waals surface area contributed by atoms with Crippen molar-refractivity contribution >= 4 is 43.9 Å². The molecule has 1 saturated carbocycles. The molecule has 7 heteroatoms. The predicted octanol–water partition coefficient (Wildman–Crippen LogP) is 3.26. The average Bonchev–Trinajstić information content (AvgIpc) is 3.31. The molecule has 24 heavy (non-hydrogen) atoms. The highest BCUT2D eigenvalue weighted by atomic mass is 79.9. The number of rotatable bonds is 3. The van der Waals surface area contributed by atoms with E-state index in [4.69, 9.17) is 4.42 Å². The maximum atomic E-state index is 13.0. The summed E-state index contributed by atoms with van der Waals surface area (Å²) in [7, 11) is 1.31. The molecule has 0 radical (unpaired) electrons. The van der Waals surface area contributed by atoms with Crippen molar-refractivity contribution < 1.29 is 13.9 Å². The highest BCUT2D eigenvalue weighted by Gasteiger charge is 2.30. The molecule has 2 heterocycles. The summed E-state index contributed by atoms with van der Waals surface area (Å²) in [5, 5.41) is 0.834. The number of halogens is 1. The lowest BCUT2D eigenvalue weighted by Gasteiger charge is -2.12. The molecule has 0 N–H and O–H groups in total. The van der Waals surface area contributed by atoms with Gasteiger partial charge in [-0.3, -0.25) is 9.59 Å². The Bertz CT molecular complexity index is 1050. The van der Waals surface area contributed by atoms with Crippen molar-refractivity contribution in [3.8, 4) is 0 Å². The van der Waals surface area contributed by atoms with Crippen LogP contribution in [-0.4, -0.2) is 22.6 Å². The second-order valence-corrected chi connectivity index (χ2v) is 6.87. The summed E-state index contributed by atoms with van der Waals surface area (Å²) in [6, 6.07) is 4.06. The summed E-state index contributed by atoms with van der Waals surface area (Å²) in [4.78, 5) is 28.7. The van der Waals surface area contributed by atoms with E-state index in [1.165, 1.54) is 7.11 Å². The molecule has 1 aliphatic rings. The Hall–Kier alpha value is -2.15. The lowest BCUT2D eigenvalue weighted by atomic mass is 10.1. The number of hydrogen-bond acceptors (Lipinski definition) is 5. The smallest absolute Gasteiger partial charge is 0.314 e. The molecule has 124 valence electrons. The second kappa shape index (κ2) is 5.44. The van der Waals surface area contributed by atoms with Crippen molar-refractivity contribution in [2.24, 2.45) is 0 Å². The normalized spacial score (nSPS) is 14.5. The molecule has 0 atom stereocenters. The van der Waals surface area contributed by atoms with Crippen LogP contribution in [-0.2, 0) is 16.0 Å². The Morgan fingerprint density at radius 2 is 2.21 bits per heavy atom. The van der Waals surface area contributed by atoms with Gasteiger partial charge in [0.25, 0.3) is 5.56 Å². The van der Waals surface area contributed by atoms with Crippen LogP contribution in [0.1, 0.15) is 30.3 Å². The van der Waals surface area contributed by atoms with Crippen molar-refractivity contribution in [3.63, 3.8) is 0 Å². The molecule has 4 rings (SSSR count). The first-order valence-electron chi connectivity index (χ1n) is 7.70. The van der Waals surface area contributed by atoms with Gasteiger partial charge in [0, 0.05) is 15.9 Å². The lowest BCUT2D eigenvalue weighted by molar-refractivity contribution is -0.140. The largest absolute Gasteiger partial charge is 0.469 e. The fourth-order valence-corrected chi connectivity index (χ4v) is 3.35. The number of pyridine rings is 1. The monoisotopic (exact) mass is 390 g/mol. The lowest BCUT2D eigenvalue weighted by Crippen LogP contribution is -2.20. The summed E-state index contributed by atoms with van der Waals surface area (Å²) < 4.78 is 13.2. The Kier molecular flexibility index (Phi) is 3.49. The van der Waals surface area contributed by atoms with Crippen molar-refractivity contribution in [1.29, 1.82) is 0 Å². The van der Waals surface area contributed by atoms with Gasteiger partial charge in [-0.2, -0.15) is 0 Å². The molecule has 1 aromatic carbocycles. The number of oxazole rings is 1. The third-order valence-corrected chi connectivity index (χ3v) is 5.24. The fourth-order valence-electron chi connectivity index (χ4n) is 3.03. The maximum absolute atomic E-state index is 13.0. The Balaban J connectivity index is 2.08. The molecule has 1 aliphatic carbocycles. The molecule has 0 aliphatic heterocycles. The third-order valence-electron chi connectivity index (χ3n) is 4.38. The number of carbonyl (C=O) groups is 1. The summed E-state index contributed by atoms with van der Waals surface area (Å²) in [6.45, 7) is 1.97. The zero-order valence-electron chi connectivity index (χ0n) is 13.3. The van der Waals surface area contributed by atoms with Gasteiger partial charge in [0.15, 0.2) is 11.1 Å². The summed E-state index contributed by atoms with van der Waals surface area (Å²) in [5.41, 5.74) is 2.40. The number of methoxy groups -OCH3 is 1. The van der Waals surface area contributed by atoms with Crippen LogP contribution >= 0.6 is 15.9 Å². The van der Waals surface area contributed by atoms with Crippen LogP contribution in [0, 0.1) is 6.92 Å². The highest BCUT2D eigenvalue weighted by Crippen LogP contribution is 2.39. The van der Waals surface area contributed by atoms with Crippen LogP contribution in [0.25, 0.3) is 22.0 Å². The highest BCUT2D eigenvalue weighted by molar-refractivity contribution is 9.10. The Labute approximate surface area is 145 Å². The molecular weight excluding hydrogens is 376 g/mol. The minimum Gasteiger partial charge on any atom is -0.469 e. The second-order valence-electron chi connectivity index (χ2n) is 6.01. The van der Waals surface area contributed by atoms with E-state index in [2.05, 4.69) is 25.7 Å². The number of nitrogens with zero attached hydrogens (tertiary/aromatic N) is 2. The number of benzene rings is 1. The number of aromatic nitrogens is 2. The third kappa shape index (κ3) is 2.26. The van der Waals surface area contributed by atoms with Gasteiger partial charge >= 0.3 is 5.97 Å². The first kappa shape index (κ1) is 15.4. The van der Waals surface area contributed by atoms with E-state index in [9.17, 15) is 9.59 Å². The van der Waals surface area contributed by atoms with Gasteiger partial charge in [-0.15, -0.1) is 0 Å². The van der Waals surface area contributed by atoms with Gasteiger partial charge in [0.1, 0.15) is 6.42 Å². The standard InChI is InChI=1S/C17H15BrN2O4/c1-8-11(18)6-5-10-15(8)20(9-3-4-9)17(22)14-16(10)24-12(19-14)7-13(21)23-2/h5-6,9H,3-4,7H2,1-2H3. The van der Waals surface area contributed by atoms with Crippen LogP contribution in [0.2, 0.25) is 0 Å². The molecule has 3 aromatic rings. The molecular formula is C17H15BrN2O4. The summed E-state index contributed by atoms with van der Waals surface area (Å²) >= 11 is 3.53. The van der Waals surface area contributed by atoms with Gasteiger partial charge in [0.2, 0.25) is 5.89 Å². The molecule has 0 saturated heterocycles. The van der Waals surface area contributed by atoms with Crippen LogP contribution in [0.3, 0.4) is 0 Å². The van der Waals surface area contributed by atoms with Crippen molar-refractivity contribution in [1.82, 2.24) is 9.55 Å². The number of carbonyl (C=O) groups excluding carboxylic acids is 1. The van der Waals surface area contributed by atoms with Crippen molar-refractivity contribution in [2.75, 3.05) is 7.11 Å². The maximum Gasteiger partial charge on any atom is 0.314 e. The van der Waals surface area contributed by atoms with Crippen molar-refractivity contribution in [2.45, 2.75) is 32.2 Å². The van der Waals surface area contributed by atoms with Crippen LogP contribution < -0.4 is 5.56 Å². The average molecular weight is 391 g/mol. The predicted molar refractivity (Wildman–Crippen MR) is 92.2 cm³/mol. The first-order chi connectivity index (χ1) is 11.5. The van der Waals surface area contributed by atoms with E-state index in [-0.39, 0.29) is 29.4 Å². The van der Waals surface area contributed by atoms with E-state index in [0.29, 0.717) is 5.58 Å². The van der Waals surface area contributed by atoms with E-state index in [1.807, 2.05) is 23.6 Å². The quantitative estimate of drug-likeness (QED) is 0.641. The Morgan fingerprint density at radius 3 is 2.88 bits per heavy atom. The van der Waals surface area contributed by atoms with Crippen LogP contribution in [0.15, 0.2) is 25.8 Å². The number of fused-ring (bicyclic) bond motifs is 3. The SMILES string of the molecule is COC(=O)Cc1nc2c(=O)n(C3CC3)c3c(C)c(Br)ccc3c2o1. The van der Waals surface area contributed by atoms with Crippen LogP contribution in [0.4, 0.5) is 0 Å². The topological polar surface area (TPSA) is 74.3 Å². The number of ether oxygens (including phenoxy) is 1. The van der Waals surface area contributed by atoms with E-state index in [1.54, 1.807) is 0 Å². The van der Waals surface area contributed by atoms with Gasteiger partial charge in [0.05, 0.1) is 12.6 Å². The van der Waals surface area contributed by atoms with E-state index in [0.717, 1.165) is 33.8 Å². The van der Waals surface area contributed by atoms with E-state index >= 15 is 0 Å². The minimum atomic E-state index is -0.452. The Morgan fingerprint density at radius 1 is 1.46 bits per heavy atom. The molecule has 1 fully saturated rings. The molecule has 6 nitrogen and oxygen atoms in total. The minimum absolute atomic E-state index is 0.0922. The molecule has 0 amide bonds. The van der Waals surface area contributed by atoms with Gasteiger partial charge in [-0.1, -0.05) is 15.9 Å². The molecule has 0 spiro atoms. The van der Waals surface area contributed by atoms with Gasteiger partial charge in [-0.05, 0) is 37.5 Å². The van der Waals surface area contributed by atoms with Crippen molar-refractivity contribution in [3.05, 3.63) is 38.4 Å². The zero-order chi connectivity index (χ0) is 17.0. The zero-order valence-corrected chi connectivity index (χ0v) is 14.8. The molecule has 0 bridgehead atoms. The number of hydrogen-bond donors (Lipinski definition) is 0. The first-order valence-corrected chi connectivity index (χ1v) is 8.50. The van der Waals surface area contributed by atoms with Gasteiger partial charge < -0.3 is 13.7 Å². The number of esters is 1. The molecule has 2 aromatic heterocycles. The fraction of sp³-hybridized carbons (Fsp3) is 0.353. The molecule has 0 unspecified atom stereocenters. The van der Waals surface area contributed by atoms with E-state index < -0.39 is 5.97 Å². The van der Waals surface area contributed by atoms with Crippen LogP contribution in [0.5, 0.6) is 0 Å². The summed E-state index contributed by atoms with van der Waals surface area (Å²) in [5.74, 6) is -0.253. The number of aryl methyl sites for hydroxylation is 1. The summed E-state index contributed by atoms with van der Waals surface area (Å²) in [6.07, 6.45) is 1.88.